The lowest BCUT2D eigenvalue weighted by atomic mass is 9.99. The Balaban J connectivity index is 1.47. The van der Waals surface area contributed by atoms with Crippen LogP contribution in [0.25, 0.3) is 10.8 Å². The van der Waals surface area contributed by atoms with Gasteiger partial charge in [-0.2, -0.15) is 0 Å². The number of halogens is 1. The summed E-state index contributed by atoms with van der Waals surface area (Å²) in [6.45, 7) is 2.36. The maximum absolute atomic E-state index is 13.0. The minimum atomic E-state index is -0.287. The summed E-state index contributed by atoms with van der Waals surface area (Å²) in [6, 6.07) is 20.1. The summed E-state index contributed by atoms with van der Waals surface area (Å²) in [6.07, 6.45) is 1.59. The van der Waals surface area contributed by atoms with Crippen LogP contribution in [-0.4, -0.2) is 20.9 Å². The minimum absolute atomic E-state index is 0.180. The normalized spacial score (nSPS) is 12.1. The van der Waals surface area contributed by atoms with Gasteiger partial charge in [0.1, 0.15) is 5.82 Å². The van der Waals surface area contributed by atoms with E-state index in [1.807, 2.05) is 37.3 Å². The summed E-state index contributed by atoms with van der Waals surface area (Å²) in [4.78, 5) is 12.6. The molecule has 0 saturated heterocycles. The van der Waals surface area contributed by atoms with E-state index in [-0.39, 0.29) is 23.5 Å². The zero-order valence-corrected chi connectivity index (χ0v) is 15.3. The van der Waals surface area contributed by atoms with Gasteiger partial charge in [-0.3, -0.25) is 4.79 Å². The van der Waals surface area contributed by atoms with Gasteiger partial charge in [-0.1, -0.05) is 59.8 Å². The minimum Gasteiger partial charge on any atom is -0.344 e. The molecule has 1 unspecified atom stereocenters. The Morgan fingerprint density at radius 1 is 1.07 bits per heavy atom. The van der Waals surface area contributed by atoms with Gasteiger partial charge in [-0.15, -0.1) is 5.10 Å². The predicted molar refractivity (Wildman–Crippen MR) is 105 cm³/mol. The molecular weight excluding hydrogens is 355 g/mol. The third kappa shape index (κ3) is 3.76. The molecule has 4 aromatic rings. The third-order valence-electron chi connectivity index (χ3n) is 4.67. The fraction of sp³-hybridized carbons (Fsp3) is 0.136. The van der Waals surface area contributed by atoms with Gasteiger partial charge in [-0.25, -0.2) is 9.07 Å². The molecule has 0 aliphatic carbocycles. The van der Waals surface area contributed by atoms with E-state index >= 15 is 0 Å². The topological polar surface area (TPSA) is 59.8 Å². The quantitative estimate of drug-likeness (QED) is 0.572. The molecule has 1 heterocycles. The fourth-order valence-electron chi connectivity index (χ4n) is 3.23. The van der Waals surface area contributed by atoms with E-state index in [0.29, 0.717) is 6.54 Å². The van der Waals surface area contributed by atoms with Gasteiger partial charge in [0, 0.05) is 0 Å². The van der Waals surface area contributed by atoms with Crippen molar-refractivity contribution in [2.45, 2.75) is 19.5 Å². The van der Waals surface area contributed by atoms with Crippen LogP contribution in [0.5, 0.6) is 0 Å². The number of amides is 1. The maximum Gasteiger partial charge on any atom is 0.273 e. The number of nitrogens with one attached hydrogen (secondary N) is 1. The summed E-state index contributed by atoms with van der Waals surface area (Å²) in [5, 5.41) is 13.2. The van der Waals surface area contributed by atoms with Crippen LogP contribution in [0.3, 0.4) is 0 Å². The molecule has 0 aliphatic rings. The van der Waals surface area contributed by atoms with Crippen LogP contribution in [0.15, 0.2) is 72.9 Å². The molecule has 28 heavy (non-hydrogen) atoms. The number of hydrogen-bond acceptors (Lipinski definition) is 3. The van der Waals surface area contributed by atoms with E-state index in [9.17, 15) is 9.18 Å². The Morgan fingerprint density at radius 3 is 2.64 bits per heavy atom. The highest BCUT2D eigenvalue weighted by molar-refractivity contribution is 5.93. The van der Waals surface area contributed by atoms with E-state index in [2.05, 4.69) is 27.8 Å². The van der Waals surface area contributed by atoms with Crippen molar-refractivity contribution in [3.8, 4) is 0 Å². The Bertz CT molecular complexity index is 1120. The lowest BCUT2D eigenvalue weighted by Gasteiger charge is -2.15. The number of hydrogen-bond donors (Lipinski definition) is 1. The van der Waals surface area contributed by atoms with Crippen molar-refractivity contribution in [2.24, 2.45) is 0 Å². The van der Waals surface area contributed by atoms with Gasteiger partial charge in [0.05, 0.1) is 18.8 Å². The molecule has 0 saturated carbocycles. The molecule has 1 atom stereocenters. The van der Waals surface area contributed by atoms with Crippen molar-refractivity contribution in [1.82, 2.24) is 20.3 Å². The van der Waals surface area contributed by atoms with E-state index < -0.39 is 0 Å². The predicted octanol–water partition coefficient (Wildman–Crippen LogP) is 4.11. The highest BCUT2D eigenvalue weighted by Gasteiger charge is 2.16. The van der Waals surface area contributed by atoms with E-state index in [1.54, 1.807) is 23.0 Å². The average Bonchev–Trinajstić information content (AvgIpc) is 3.18. The number of carbonyl (C=O) groups is 1. The number of nitrogens with zero attached hydrogens (tertiary/aromatic N) is 3. The van der Waals surface area contributed by atoms with Crippen molar-refractivity contribution in [3.05, 3.63) is 95.6 Å². The molecule has 140 valence electrons. The molecule has 0 fully saturated rings. The smallest absolute Gasteiger partial charge is 0.273 e. The second-order valence-corrected chi connectivity index (χ2v) is 6.69. The SMILES string of the molecule is CC(NC(=O)c1cn(Cc2ccc(F)cc2)nn1)c1cccc2ccccc12. The first-order valence-corrected chi connectivity index (χ1v) is 9.03. The lowest BCUT2D eigenvalue weighted by molar-refractivity contribution is 0.0935. The van der Waals surface area contributed by atoms with Crippen molar-refractivity contribution in [3.63, 3.8) is 0 Å². The summed E-state index contributed by atoms with van der Waals surface area (Å²) in [5.74, 6) is -0.573. The summed E-state index contributed by atoms with van der Waals surface area (Å²) < 4.78 is 14.6. The van der Waals surface area contributed by atoms with Gasteiger partial charge >= 0.3 is 0 Å². The van der Waals surface area contributed by atoms with Gasteiger partial charge in [0.2, 0.25) is 0 Å². The van der Waals surface area contributed by atoms with E-state index in [0.717, 1.165) is 21.9 Å². The Labute approximate surface area is 161 Å². The van der Waals surface area contributed by atoms with Crippen molar-refractivity contribution in [1.29, 1.82) is 0 Å². The molecule has 0 aliphatic heterocycles. The van der Waals surface area contributed by atoms with Crippen molar-refractivity contribution in [2.75, 3.05) is 0 Å². The van der Waals surface area contributed by atoms with Crippen LogP contribution in [-0.2, 0) is 6.54 Å². The van der Waals surface area contributed by atoms with Crippen molar-refractivity contribution < 1.29 is 9.18 Å². The fourth-order valence-corrected chi connectivity index (χ4v) is 3.23. The zero-order chi connectivity index (χ0) is 19.5. The molecular formula is C22H19FN4O. The Kier molecular flexibility index (Phi) is 4.85. The molecule has 1 N–H and O–H groups in total. The summed E-state index contributed by atoms with van der Waals surface area (Å²) in [7, 11) is 0. The lowest BCUT2D eigenvalue weighted by Crippen LogP contribution is -2.27. The molecule has 0 spiro atoms. The molecule has 0 radical (unpaired) electrons. The molecule has 0 bridgehead atoms. The van der Waals surface area contributed by atoms with Crippen LogP contribution in [0.1, 0.15) is 34.6 Å². The van der Waals surface area contributed by atoms with E-state index in [1.165, 1.54) is 12.1 Å². The summed E-state index contributed by atoms with van der Waals surface area (Å²) >= 11 is 0. The second-order valence-electron chi connectivity index (χ2n) is 6.69. The summed E-state index contributed by atoms with van der Waals surface area (Å²) in [5.41, 5.74) is 2.17. The number of fused-ring (bicyclic) bond motifs is 1. The monoisotopic (exact) mass is 374 g/mol. The second kappa shape index (κ2) is 7.60. The zero-order valence-electron chi connectivity index (χ0n) is 15.3. The first-order valence-electron chi connectivity index (χ1n) is 9.03. The van der Waals surface area contributed by atoms with Crippen molar-refractivity contribution >= 4 is 16.7 Å². The molecule has 6 heteroatoms. The highest BCUT2D eigenvalue weighted by atomic mass is 19.1. The largest absolute Gasteiger partial charge is 0.344 e. The average molecular weight is 374 g/mol. The van der Waals surface area contributed by atoms with Gasteiger partial charge < -0.3 is 5.32 Å². The van der Waals surface area contributed by atoms with Crippen LogP contribution >= 0.6 is 0 Å². The van der Waals surface area contributed by atoms with Crippen LogP contribution < -0.4 is 5.32 Å². The Morgan fingerprint density at radius 2 is 1.82 bits per heavy atom. The molecule has 5 nitrogen and oxygen atoms in total. The third-order valence-corrected chi connectivity index (χ3v) is 4.67. The molecule has 3 aromatic carbocycles. The van der Waals surface area contributed by atoms with Gasteiger partial charge in [0.15, 0.2) is 5.69 Å². The van der Waals surface area contributed by atoms with Crippen LogP contribution in [0.2, 0.25) is 0 Å². The standard InChI is InChI=1S/C22H19FN4O/c1-15(19-8-4-6-17-5-2-3-7-20(17)19)24-22(28)21-14-27(26-25-21)13-16-9-11-18(23)12-10-16/h2-12,14-15H,13H2,1H3,(H,24,28). The molecule has 4 rings (SSSR count). The number of benzene rings is 3. The van der Waals surface area contributed by atoms with Gasteiger partial charge in [-0.05, 0) is 41.0 Å². The van der Waals surface area contributed by atoms with Crippen LogP contribution in [0.4, 0.5) is 4.39 Å². The maximum atomic E-state index is 13.0. The molecule has 1 aromatic heterocycles. The van der Waals surface area contributed by atoms with E-state index in [4.69, 9.17) is 0 Å². The number of aromatic nitrogens is 3. The highest BCUT2D eigenvalue weighted by Crippen LogP contribution is 2.24. The first kappa shape index (κ1) is 17.9. The number of carbonyl (C=O) groups excluding carboxylic acids is 1. The first-order chi connectivity index (χ1) is 13.6. The Hall–Kier alpha value is -3.54. The number of rotatable bonds is 5. The molecule has 1 amide bonds. The van der Waals surface area contributed by atoms with Crippen LogP contribution in [0, 0.1) is 5.82 Å². The van der Waals surface area contributed by atoms with Gasteiger partial charge in [0.25, 0.3) is 5.91 Å².